The average Bonchev–Trinajstić information content (AvgIpc) is 2.92. The van der Waals surface area contributed by atoms with E-state index in [2.05, 4.69) is 0 Å². The van der Waals surface area contributed by atoms with E-state index in [4.69, 9.17) is 5.73 Å². The first kappa shape index (κ1) is 17.3. The van der Waals surface area contributed by atoms with Crippen molar-refractivity contribution in [3.05, 3.63) is 83.4 Å². The van der Waals surface area contributed by atoms with Crippen LogP contribution in [-0.4, -0.2) is 17.2 Å². The second-order valence-electron chi connectivity index (χ2n) is 6.46. The normalized spacial score (nSPS) is 18.1. The van der Waals surface area contributed by atoms with Crippen molar-refractivity contribution in [1.82, 2.24) is 0 Å². The Kier molecular flexibility index (Phi) is 3.65. The molecule has 0 aromatic heterocycles. The summed E-state index contributed by atoms with van der Waals surface area (Å²) in [5.74, 6) is -0.628. The van der Waals surface area contributed by atoms with Gasteiger partial charge in [-0.25, -0.2) is 0 Å². The third-order valence-electron chi connectivity index (χ3n) is 4.91. The van der Waals surface area contributed by atoms with Crippen LogP contribution in [0.25, 0.3) is 22.3 Å². The summed E-state index contributed by atoms with van der Waals surface area (Å²) in [5.41, 5.74) is 3.71. The first-order chi connectivity index (χ1) is 12.7. The Morgan fingerprint density at radius 1 is 0.852 bits per heavy atom. The van der Waals surface area contributed by atoms with Crippen LogP contribution in [0.5, 0.6) is 0 Å². The Labute approximate surface area is 152 Å². The number of hydrogen-bond acceptors (Lipinski definition) is 2. The number of halogens is 3. The van der Waals surface area contributed by atoms with Gasteiger partial charge in [0.1, 0.15) is 0 Å². The SMILES string of the molecule is NC(=O)c1cccc(-c2ccc3c(c2)C(O)(C(F)(F)F)c2ccccc2-3)c1. The lowest BCUT2D eigenvalue weighted by Gasteiger charge is -2.28. The van der Waals surface area contributed by atoms with Crippen LogP contribution >= 0.6 is 0 Å². The third-order valence-corrected chi connectivity index (χ3v) is 4.91. The van der Waals surface area contributed by atoms with Crippen molar-refractivity contribution in [2.45, 2.75) is 11.8 Å². The Morgan fingerprint density at radius 2 is 1.52 bits per heavy atom. The van der Waals surface area contributed by atoms with Crippen LogP contribution in [0.4, 0.5) is 13.2 Å². The second kappa shape index (κ2) is 5.69. The minimum atomic E-state index is -4.89. The van der Waals surface area contributed by atoms with Crippen molar-refractivity contribution in [3.8, 4) is 22.3 Å². The number of rotatable bonds is 2. The third kappa shape index (κ3) is 2.44. The fraction of sp³-hybridized carbons (Fsp3) is 0.0952. The van der Waals surface area contributed by atoms with Crippen LogP contribution in [0, 0.1) is 0 Å². The maximum Gasteiger partial charge on any atom is 0.425 e. The largest absolute Gasteiger partial charge is 0.425 e. The Hall–Kier alpha value is -3.12. The standard InChI is InChI=1S/C21H14F3NO2/c22-21(23,24)20(27)17-7-2-1-6-15(17)16-9-8-13(11-18(16)20)12-4-3-5-14(10-12)19(25)26/h1-11,27H,(H2,25,26). The number of alkyl halides is 3. The molecule has 1 atom stereocenters. The summed E-state index contributed by atoms with van der Waals surface area (Å²) in [6, 6.07) is 16.8. The Morgan fingerprint density at radius 3 is 2.22 bits per heavy atom. The number of amides is 1. The van der Waals surface area contributed by atoms with Crippen molar-refractivity contribution in [2.24, 2.45) is 5.73 Å². The molecular formula is C21H14F3NO2. The molecule has 0 aliphatic heterocycles. The lowest BCUT2D eigenvalue weighted by molar-refractivity contribution is -0.246. The molecule has 0 fully saturated rings. The smallest absolute Gasteiger partial charge is 0.372 e. The summed E-state index contributed by atoms with van der Waals surface area (Å²) in [7, 11) is 0. The van der Waals surface area contributed by atoms with Gasteiger partial charge in [0, 0.05) is 16.7 Å². The van der Waals surface area contributed by atoms with Crippen LogP contribution < -0.4 is 5.73 Å². The van der Waals surface area contributed by atoms with Crippen molar-refractivity contribution in [1.29, 1.82) is 0 Å². The molecule has 3 N–H and O–H groups in total. The van der Waals surface area contributed by atoms with Gasteiger partial charge < -0.3 is 10.8 Å². The molecule has 3 aromatic rings. The van der Waals surface area contributed by atoms with E-state index in [0.29, 0.717) is 22.3 Å². The molecule has 0 saturated heterocycles. The molecule has 1 aliphatic rings. The number of hydrogen-bond donors (Lipinski definition) is 2. The second-order valence-corrected chi connectivity index (χ2v) is 6.46. The average molecular weight is 369 g/mol. The highest BCUT2D eigenvalue weighted by atomic mass is 19.4. The maximum absolute atomic E-state index is 13.9. The highest BCUT2D eigenvalue weighted by Crippen LogP contribution is 2.55. The molecule has 1 aliphatic carbocycles. The molecule has 1 unspecified atom stereocenters. The zero-order chi connectivity index (χ0) is 19.4. The van der Waals surface area contributed by atoms with E-state index < -0.39 is 17.7 Å². The van der Waals surface area contributed by atoms with Gasteiger partial charge in [-0.3, -0.25) is 4.79 Å². The monoisotopic (exact) mass is 369 g/mol. The summed E-state index contributed by atoms with van der Waals surface area (Å²) < 4.78 is 41.7. The molecule has 0 heterocycles. The van der Waals surface area contributed by atoms with Crippen molar-refractivity contribution < 1.29 is 23.1 Å². The molecule has 0 bridgehead atoms. The van der Waals surface area contributed by atoms with Gasteiger partial charge in [-0.15, -0.1) is 0 Å². The van der Waals surface area contributed by atoms with E-state index in [0.717, 1.165) is 0 Å². The molecule has 0 spiro atoms. The maximum atomic E-state index is 13.9. The summed E-state index contributed by atoms with van der Waals surface area (Å²) >= 11 is 0. The van der Waals surface area contributed by atoms with Crippen LogP contribution in [0.1, 0.15) is 21.5 Å². The van der Waals surface area contributed by atoms with E-state index in [1.807, 2.05) is 0 Å². The predicted molar refractivity (Wildman–Crippen MR) is 94.9 cm³/mol. The van der Waals surface area contributed by atoms with E-state index in [9.17, 15) is 23.1 Å². The molecule has 0 radical (unpaired) electrons. The highest BCUT2D eigenvalue weighted by Gasteiger charge is 2.60. The summed E-state index contributed by atoms with van der Waals surface area (Å²) in [4.78, 5) is 11.4. The Bertz CT molecular complexity index is 1080. The molecule has 27 heavy (non-hydrogen) atoms. The van der Waals surface area contributed by atoms with Gasteiger partial charge in [-0.1, -0.05) is 48.5 Å². The van der Waals surface area contributed by atoms with Gasteiger partial charge in [-0.2, -0.15) is 13.2 Å². The molecule has 136 valence electrons. The van der Waals surface area contributed by atoms with Crippen molar-refractivity contribution >= 4 is 5.91 Å². The summed E-state index contributed by atoms with van der Waals surface area (Å²) in [6.45, 7) is 0. The first-order valence-corrected chi connectivity index (χ1v) is 8.17. The van der Waals surface area contributed by atoms with Gasteiger partial charge >= 0.3 is 6.18 Å². The number of nitrogens with two attached hydrogens (primary N) is 1. The van der Waals surface area contributed by atoms with Gasteiger partial charge in [-0.05, 0) is 40.5 Å². The molecule has 6 heteroatoms. The Balaban J connectivity index is 1.95. The minimum Gasteiger partial charge on any atom is -0.372 e. The lowest BCUT2D eigenvalue weighted by Crippen LogP contribution is -2.41. The van der Waals surface area contributed by atoms with E-state index in [1.54, 1.807) is 36.4 Å². The molecular weight excluding hydrogens is 355 g/mol. The van der Waals surface area contributed by atoms with Gasteiger partial charge in [0.15, 0.2) is 0 Å². The first-order valence-electron chi connectivity index (χ1n) is 8.17. The summed E-state index contributed by atoms with van der Waals surface area (Å²) in [6.07, 6.45) is -4.89. The number of fused-ring (bicyclic) bond motifs is 3. The van der Waals surface area contributed by atoms with E-state index in [1.165, 1.54) is 30.3 Å². The molecule has 3 aromatic carbocycles. The fourth-order valence-electron chi connectivity index (χ4n) is 3.59. The topological polar surface area (TPSA) is 63.3 Å². The fourth-order valence-corrected chi connectivity index (χ4v) is 3.59. The van der Waals surface area contributed by atoms with Crippen molar-refractivity contribution in [3.63, 3.8) is 0 Å². The number of aliphatic hydroxyl groups is 1. The van der Waals surface area contributed by atoms with Crippen LogP contribution in [0.15, 0.2) is 66.7 Å². The van der Waals surface area contributed by atoms with Gasteiger partial charge in [0.2, 0.25) is 11.5 Å². The predicted octanol–water partition coefficient (Wildman–Crippen LogP) is 4.23. The van der Waals surface area contributed by atoms with E-state index >= 15 is 0 Å². The zero-order valence-corrected chi connectivity index (χ0v) is 13.9. The number of carbonyl (C=O) groups is 1. The zero-order valence-electron chi connectivity index (χ0n) is 13.9. The quantitative estimate of drug-likeness (QED) is 0.710. The van der Waals surface area contributed by atoms with Crippen LogP contribution in [-0.2, 0) is 5.60 Å². The van der Waals surface area contributed by atoms with E-state index in [-0.39, 0.29) is 16.7 Å². The number of benzene rings is 3. The molecule has 4 rings (SSSR count). The van der Waals surface area contributed by atoms with Crippen LogP contribution in [0.2, 0.25) is 0 Å². The van der Waals surface area contributed by atoms with Crippen molar-refractivity contribution in [2.75, 3.05) is 0 Å². The summed E-state index contributed by atoms with van der Waals surface area (Å²) in [5, 5.41) is 10.7. The molecule has 3 nitrogen and oxygen atoms in total. The van der Waals surface area contributed by atoms with Crippen LogP contribution in [0.3, 0.4) is 0 Å². The van der Waals surface area contributed by atoms with Gasteiger partial charge in [0.25, 0.3) is 0 Å². The minimum absolute atomic E-state index is 0.185. The van der Waals surface area contributed by atoms with Gasteiger partial charge in [0.05, 0.1) is 0 Å². The lowest BCUT2D eigenvalue weighted by atomic mass is 9.89. The number of primary amides is 1. The molecule has 0 saturated carbocycles. The molecule has 1 amide bonds. The number of carbonyl (C=O) groups excluding carboxylic acids is 1. The highest BCUT2D eigenvalue weighted by molar-refractivity contribution is 5.94.